The molecule has 34 heavy (non-hydrogen) atoms. The molecule has 0 fully saturated rings. The topological polar surface area (TPSA) is 90.2 Å². The monoisotopic (exact) mass is 465 g/mol. The number of rotatable bonds is 5. The van der Waals surface area contributed by atoms with Crippen LogP contribution in [0, 0.1) is 18.6 Å². The second-order valence-corrected chi connectivity index (χ2v) is 7.81. The van der Waals surface area contributed by atoms with E-state index in [0.717, 1.165) is 17.4 Å². The molecule has 0 bridgehead atoms. The summed E-state index contributed by atoms with van der Waals surface area (Å²) in [6.45, 7) is 2.10. The first-order valence-corrected chi connectivity index (χ1v) is 10.4. The first-order valence-electron chi connectivity index (χ1n) is 10.4. The summed E-state index contributed by atoms with van der Waals surface area (Å²) < 4.78 is 40.6. The highest BCUT2D eigenvalue weighted by Crippen LogP contribution is 2.37. The van der Waals surface area contributed by atoms with Crippen LogP contribution in [0.3, 0.4) is 0 Å². The molecule has 0 saturated heterocycles. The molecule has 1 N–H and O–H groups in total. The summed E-state index contributed by atoms with van der Waals surface area (Å²) >= 11 is 0. The van der Waals surface area contributed by atoms with Crippen molar-refractivity contribution < 1.29 is 18.3 Å². The van der Waals surface area contributed by atoms with Crippen molar-refractivity contribution in [3.63, 3.8) is 0 Å². The van der Waals surface area contributed by atoms with Gasteiger partial charge in [-0.1, -0.05) is 0 Å². The van der Waals surface area contributed by atoms with Gasteiger partial charge in [-0.05, 0) is 24.6 Å². The zero-order chi connectivity index (χ0) is 23.8. The predicted octanol–water partition coefficient (Wildman–Crippen LogP) is 3.97. The second-order valence-electron chi connectivity index (χ2n) is 7.81. The number of nitrogens with one attached hydrogen (secondary N) is 1. The highest BCUT2D eigenvalue weighted by atomic mass is 19.1. The van der Waals surface area contributed by atoms with Gasteiger partial charge in [-0.2, -0.15) is 4.98 Å². The molecule has 1 aliphatic rings. The highest BCUT2D eigenvalue weighted by Gasteiger charge is 2.29. The number of pyridine rings is 1. The van der Waals surface area contributed by atoms with E-state index >= 15 is 0 Å². The van der Waals surface area contributed by atoms with E-state index in [-0.39, 0.29) is 12.6 Å². The van der Waals surface area contributed by atoms with Gasteiger partial charge >= 0.3 is 0 Å². The van der Waals surface area contributed by atoms with Gasteiger partial charge in [0.1, 0.15) is 35.5 Å². The van der Waals surface area contributed by atoms with Gasteiger partial charge in [0.15, 0.2) is 11.6 Å². The van der Waals surface area contributed by atoms with Crippen molar-refractivity contribution in [2.24, 2.45) is 0 Å². The average molecular weight is 465 g/mol. The van der Waals surface area contributed by atoms with Crippen molar-refractivity contribution in [2.45, 2.75) is 13.0 Å². The molecular formula is C23H21F2N7O2. The van der Waals surface area contributed by atoms with E-state index in [1.54, 1.807) is 43.8 Å². The number of fused-ring (bicyclic) bond motifs is 1. The molecule has 3 aromatic heterocycles. The molecule has 9 nitrogen and oxygen atoms in total. The third-order valence-corrected chi connectivity index (χ3v) is 5.50. The van der Waals surface area contributed by atoms with Crippen LogP contribution >= 0.6 is 0 Å². The second kappa shape index (κ2) is 8.58. The third-order valence-electron chi connectivity index (χ3n) is 5.50. The zero-order valence-electron chi connectivity index (χ0n) is 18.7. The van der Waals surface area contributed by atoms with Crippen LogP contribution in [0.1, 0.15) is 17.3 Å². The van der Waals surface area contributed by atoms with E-state index in [9.17, 15) is 8.78 Å². The average Bonchev–Trinajstić information content (AvgIpc) is 3.25. The molecule has 1 atom stereocenters. The number of nitrogens with zero attached hydrogens (tertiary/aromatic N) is 6. The largest absolute Gasteiger partial charge is 0.494 e. The maximum Gasteiger partial charge on any atom is 0.230 e. The smallest absolute Gasteiger partial charge is 0.230 e. The summed E-state index contributed by atoms with van der Waals surface area (Å²) in [5.74, 6) is 0.999. The van der Waals surface area contributed by atoms with Crippen LogP contribution in [0.2, 0.25) is 0 Å². The standard InChI is InChI=1S/C23H21F2N7O2/c1-13-10-32(12-28-13)17-8-26-21(7-19(17)33-3)29-23-27-9-20-22(30-23)31(2)18(11-34-20)14-4-15(24)6-16(25)5-14/h4-10,12,18H,11H2,1-3H3,(H,26,27,29,30). The molecular weight excluding hydrogens is 444 g/mol. The van der Waals surface area contributed by atoms with Gasteiger partial charge in [0.05, 0.1) is 37.6 Å². The number of anilines is 3. The molecule has 0 aliphatic carbocycles. The first kappa shape index (κ1) is 21.6. The van der Waals surface area contributed by atoms with Crippen LogP contribution in [0.25, 0.3) is 5.69 Å². The lowest BCUT2D eigenvalue weighted by atomic mass is 10.0. The number of aryl methyl sites for hydroxylation is 1. The van der Waals surface area contributed by atoms with Crippen molar-refractivity contribution in [1.29, 1.82) is 0 Å². The maximum absolute atomic E-state index is 13.8. The Bertz CT molecular complexity index is 1340. The fourth-order valence-electron chi connectivity index (χ4n) is 3.81. The van der Waals surface area contributed by atoms with Crippen molar-refractivity contribution in [2.75, 3.05) is 31.0 Å². The third kappa shape index (κ3) is 4.07. The normalized spacial score (nSPS) is 15.0. The Kier molecular flexibility index (Phi) is 5.44. The summed E-state index contributed by atoms with van der Waals surface area (Å²) in [5, 5.41) is 3.07. The number of halogens is 2. The molecule has 5 rings (SSSR count). The number of ether oxygens (including phenoxy) is 2. The van der Waals surface area contributed by atoms with Gasteiger partial charge in [0.25, 0.3) is 0 Å². The van der Waals surface area contributed by atoms with Crippen LogP contribution in [-0.2, 0) is 0 Å². The number of aromatic nitrogens is 5. The summed E-state index contributed by atoms with van der Waals surface area (Å²) in [5.41, 5.74) is 2.06. The van der Waals surface area contributed by atoms with E-state index in [4.69, 9.17) is 9.47 Å². The quantitative estimate of drug-likeness (QED) is 0.474. The van der Waals surface area contributed by atoms with E-state index in [1.807, 2.05) is 17.7 Å². The van der Waals surface area contributed by atoms with Crippen molar-refractivity contribution in [3.8, 4) is 17.2 Å². The van der Waals surface area contributed by atoms with Crippen molar-refractivity contribution >= 4 is 17.6 Å². The van der Waals surface area contributed by atoms with Crippen molar-refractivity contribution in [3.05, 3.63) is 72.1 Å². The molecule has 1 aliphatic heterocycles. The molecule has 4 heterocycles. The minimum absolute atomic E-state index is 0.205. The van der Waals surface area contributed by atoms with Gasteiger partial charge in [-0.25, -0.2) is 23.7 Å². The van der Waals surface area contributed by atoms with Crippen LogP contribution in [0.15, 0.2) is 49.2 Å². The lowest BCUT2D eigenvalue weighted by molar-refractivity contribution is 0.264. The van der Waals surface area contributed by atoms with E-state index < -0.39 is 17.7 Å². The van der Waals surface area contributed by atoms with Crippen molar-refractivity contribution in [1.82, 2.24) is 24.5 Å². The predicted molar refractivity (Wildman–Crippen MR) is 121 cm³/mol. The zero-order valence-corrected chi connectivity index (χ0v) is 18.7. The summed E-state index contributed by atoms with van der Waals surface area (Å²) in [6, 6.07) is 4.73. The molecule has 0 amide bonds. The summed E-state index contributed by atoms with van der Waals surface area (Å²) in [6.07, 6.45) is 6.76. The number of methoxy groups -OCH3 is 1. The SMILES string of the molecule is COc1cc(Nc2ncc3c(n2)N(C)C(c2cc(F)cc(F)c2)CO3)ncc1-n1cnc(C)c1. The Morgan fingerprint density at radius 2 is 1.88 bits per heavy atom. The van der Waals surface area contributed by atoms with Gasteiger partial charge in [0.2, 0.25) is 5.95 Å². The Balaban J connectivity index is 1.41. The van der Waals surface area contributed by atoms with Crippen LogP contribution in [0.4, 0.5) is 26.4 Å². The van der Waals surface area contributed by atoms with Crippen LogP contribution in [0.5, 0.6) is 11.5 Å². The van der Waals surface area contributed by atoms with Gasteiger partial charge in [-0.3, -0.25) is 0 Å². The summed E-state index contributed by atoms with van der Waals surface area (Å²) in [4.78, 5) is 19.3. The fourth-order valence-corrected chi connectivity index (χ4v) is 3.81. The van der Waals surface area contributed by atoms with Crippen LogP contribution in [-0.4, -0.2) is 45.3 Å². The van der Waals surface area contributed by atoms with Crippen LogP contribution < -0.4 is 19.7 Å². The number of imidazole rings is 1. The fraction of sp³-hybridized carbons (Fsp3) is 0.217. The number of hydrogen-bond acceptors (Lipinski definition) is 8. The highest BCUT2D eigenvalue weighted by molar-refractivity contribution is 5.61. The molecule has 0 radical (unpaired) electrons. The minimum atomic E-state index is -0.645. The molecule has 1 aromatic carbocycles. The van der Waals surface area contributed by atoms with E-state index in [2.05, 4.69) is 25.3 Å². The minimum Gasteiger partial charge on any atom is -0.494 e. The summed E-state index contributed by atoms with van der Waals surface area (Å²) in [7, 11) is 3.36. The molecule has 0 spiro atoms. The number of hydrogen-bond donors (Lipinski definition) is 1. The number of likely N-dealkylation sites (N-methyl/N-ethyl adjacent to an activating group) is 1. The molecule has 174 valence electrons. The lowest BCUT2D eigenvalue weighted by Gasteiger charge is -2.35. The van der Waals surface area contributed by atoms with E-state index in [1.165, 1.54) is 12.1 Å². The van der Waals surface area contributed by atoms with Gasteiger partial charge in [0, 0.05) is 25.4 Å². The molecule has 1 unspecified atom stereocenters. The van der Waals surface area contributed by atoms with Gasteiger partial charge < -0.3 is 24.3 Å². The van der Waals surface area contributed by atoms with Gasteiger partial charge in [-0.15, -0.1) is 0 Å². The Labute approximate surface area is 194 Å². The molecule has 4 aromatic rings. The first-order chi connectivity index (χ1) is 16.4. The Hall–Kier alpha value is -4.28. The molecule has 11 heteroatoms. The number of benzene rings is 1. The van der Waals surface area contributed by atoms with E-state index in [0.29, 0.717) is 28.7 Å². The Morgan fingerprint density at radius 1 is 1.09 bits per heavy atom. The lowest BCUT2D eigenvalue weighted by Crippen LogP contribution is -2.34. The maximum atomic E-state index is 13.8. The Morgan fingerprint density at radius 3 is 2.59 bits per heavy atom. The molecule has 0 saturated carbocycles.